The van der Waals surface area contributed by atoms with Gasteiger partial charge in [0.15, 0.2) is 0 Å². The lowest BCUT2D eigenvalue weighted by Gasteiger charge is -2.21. The molecule has 2 N–H and O–H groups in total. The molecule has 6 nitrogen and oxygen atoms in total. The van der Waals surface area contributed by atoms with Crippen LogP contribution < -0.4 is 10.1 Å². The van der Waals surface area contributed by atoms with Crippen LogP contribution in [0.5, 0.6) is 11.5 Å². The van der Waals surface area contributed by atoms with E-state index in [1.807, 2.05) is 19.1 Å². The Morgan fingerprint density at radius 2 is 1.81 bits per heavy atom. The average molecular weight is 356 g/mol. The zero-order valence-electron chi connectivity index (χ0n) is 15.1. The van der Waals surface area contributed by atoms with Crippen LogP contribution in [0, 0.1) is 0 Å². The number of ether oxygens (including phenoxy) is 1. The highest BCUT2D eigenvalue weighted by molar-refractivity contribution is 5.95. The van der Waals surface area contributed by atoms with Gasteiger partial charge in [-0.3, -0.25) is 9.59 Å². The van der Waals surface area contributed by atoms with Crippen molar-refractivity contribution in [3.63, 3.8) is 0 Å². The van der Waals surface area contributed by atoms with Crippen molar-refractivity contribution in [2.24, 2.45) is 0 Å². The van der Waals surface area contributed by atoms with E-state index in [0.29, 0.717) is 24.4 Å². The molecule has 2 amide bonds. The number of para-hydroxylation sites is 3. The topological polar surface area (TPSA) is 78.9 Å². The molecule has 0 aliphatic carbocycles. The summed E-state index contributed by atoms with van der Waals surface area (Å²) in [7, 11) is 1.53. The number of anilines is 1. The smallest absolute Gasteiger partial charge is 0.244 e. The van der Waals surface area contributed by atoms with Gasteiger partial charge < -0.3 is 20.1 Å². The molecule has 26 heavy (non-hydrogen) atoms. The molecule has 0 saturated carbocycles. The first-order valence-corrected chi connectivity index (χ1v) is 8.52. The maximum Gasteiger partial charge on any atom is 0.244 e. The lowest BCUT2D eigenvalue weighted by Crippen LogP contribution is -2.38. The fourth-order valence-electron chi connectivity index (χ4n) is 2.61. The maximum absolute atomic E-state index is 12.4. The van der Waals surface area contributed by atoms with E-state index in [2.05, 4.69) is 5.32 Å². The Bertz CT molecular complexity index is 761. The largest absolute Gasteiger partial charge is 0.508 e. The van der Waals surface area contributed by atoms with Gasteiger partial charge >= 0.3 is 0 Å². The number of aryl methyl sites for hydroxylation is 1. The van der Waals surface area contributed by atoms with Crippen molar-refractivity contribution in [1.29, 1.82) is 0 Å². The lowest BCUT2D eigenvalue weighted by atomic mass is 10.1. The number of carbonyl (C=O) groups excluding carboxylic acids is 2. The molecule has 0 bridgehead atoms. The zero-order chi connectivity index (χ0) is 18.9. The number of hydrogen-bond donors (Lipinski definition) is 2. The second-order valence-corrected chi connectivity index (χ2v) is 5.79. The maximum atomic E-state index is 12.4. The quantitative estimate of drug-likeness (QED) is 0.762. The fourth-order valence-corrected chi connectivity index (χ4v) is 2.61. The van der Waals surface area contributed by atoms with Gasteiger partial charge in [0.25, 0.3) is 0 Å². The van der Waals surface area contributed by atoms with Gasteiger partial charge in [0, 0.05) is 13.0 Å². The van der Waals surface area contributed by atoms with Crippen molar-refractivity contribution in [3.8, 4) is 11.5 Å². The van der Waals surface area contributed by atoms with Gasteiger partial charge in [0.1, 0.15) is 11.5 Å². The summed E-state index contributed by atoms with van der Waals surface area (Å²) in [5.41, 5.74) is 1.29. The van der Waals surface area contributed by atoms with Crippen molar-refractivity contribution in [2.75, 3.05) is 25.5 Å². The monoisotopic (exact) mass is 356 g/mol. The SMILES string of the molecule is CCN(CC(=O)Nc1ccccc1OC)C(=O)CCc1ccccc1O. The van der Waals surface area contributed by atoms with Gasteiger partial charge in [-0.15, -0.1) is 0 Å². The van der Waals surface area contributed by atoms with Crippen LogP contribution in [0.4, 0.5) is 5.69 Å². The summed E-state index contributed by atoms with van der Waals surface area (Å²) >= 11 is 0. The Hall–Kier alpha value is -3.02. The van der Waals surface area contributed by atoms with Crippen LogP contribution in [0.15, 0.2) is 48.5 Å². The Balaban J connectivity index is 1.92. The number of rotatable bonds is 8. The van der Waals surface area contributed by atoms with Crippen LogP contribution in [0.3, 0.4) is 0 Å². The molecule has 0 unspecified atom stereocenters. The fraction of sp³-hybridized carbons (Fsp3) is 0.300. The van der Waals surface area contributed by atoms with Crippen molar-refractivity contribution < 1.29 is 19.4 Å². The molecule has 6 heteroatoms. The van der Waals surface area contributed by atoms with Crippen molar-refractivity contribution >= 4 is 17.5 Å². The Morgan fingerprint density at radius 3 is 2.50 bits per heavy atom. The molecule has 0 fully saturated rings. The predicted molar refractivity (Wildman–Crippen MR) is 100 cm³/mol. The van der Waals surface area contributed by atoms with E-state index in [9.17, 15) is 14.7 Å². The van der Waals surface area contributed by atoms with Crippen molar-refractivity contribution in [3.05, 3.63) is 54.1 Å². The molecule has 0 saturated heterocycles. The molecular weight excluding hydrogens is 332 g/mol. The minimum Gasteiger partial charge on any atom is -0.508 e. The van der Waals surface area contributed by atoms with Crippen LogP contribution >= 0.6 is 0 Å². The van der Waals surface area contributed by atoms with E-state index in [1.54, 1.807) is 36.4 Å². The second-order valence-electron chi connectivity index (χ2n) is 5.79. The number of phenols is 1. The van der Waals surface area contributed by atoms with Crippen LogP contribution in [0.25, 0.3) is 0 Å². The molecule has 0 atom stereocenters. The minimum absolute atomic E-state index is 0.0336. The molecule has 0 aliphatic heterocycles. The Kier molecular flexibility index (Phi) is 7.02. The van der Waals surface area contributed by atoms with Crippen LogP contribution in [0.1, 0.15) is 18.9 Å². The molecular formula is C20H24N2O4. The molecule has 2 aromatic rings. The molecule has 0 aromatic heterocycles. The lowest BCUT2D eigenvalue weighted by molar-refractivity contribution is -0.134. The Morgan fingerprint density at radius 1 is 1.12 bits per heavy atom. The molecule has 138 valence electrons. The summed E-state index contributed by atoms with van der Waals surface area (Å²) in [6.45, 7) is 2.22. The molecule has 0 aliphatic rings. The highest BCUT2D eigenvalue weighted by Crippen LogP contribution is 2.23. The first kappa shape index (κ1) is 19.3. The first-order valence-electron chi connectivity index (χ1n) is 8.52. The van der Waals surface area contributed by atoms with E-state index in [-0.39, 0.29) is 30.5 Å². The van der Waals surface area contributed by atoms with Crippen LogP contribution in [0.2, 0.25) is 0 Å². The average Bonchev–Trinajstić information content (AvgIpc) is 2.65. The van der Waals surface area contributed by atoms with Crippen molar-refractivity contribution in [2.45, 2.75) is 19.8 Å². The summed E-state index contributed by atoms with van der Waals surface area (Å²) in [6.07, 6.45) is 0.656. The van der Waals surface area contributed by atoms with Gasteiger partial charge in [0.2, 0.25) is 11.8 Å². The summed E-state index contributed by atoms with van der Waals surface area (Å²) in [4.78, 5) is 26.2. The second kappa shape index (κ2) is 9.46. The first-order chi connectivity index (χ1) is 12.5. The zero-order valence-corrected chi connectivity index (χ0v) is 15.1. The third kappa shape index (κ3) is 5.24. The van der Waals surface area contributed by atoms with Gasteiger partial charge in [-0.25, -0.2) is 0 Å². The van der Waals surface area contributed by atoms with Crippen molar-refractivity contribution in [1.82, 2.24) is 4.90 Å². The van der Waals surface area contributed by atoms with Gasteiger partial charge in [-0.2, -0.15) is 0 Å². The van der Waals surface area contributed by atoms with Gasteiger partial charge in [-0.1, -0.05) is 30.3 Å². The molecule has 0 spiro atoms. The summed E-state index contributed by atoms with van der Waals surface area (Å²) < 4.78 is 5.20. The number of nitrogens with one attached hydrogen (secondary N) is 1. The molecule has 0 heterocycles. The normalized spacial score (nSPS) is 10.2. The number of methoxy groups -OCH3 is 1. The number of likely N-dealkylation sites (N-methyl/N-ethyl adjacent to an activating group) is 1. The molecule has 0 radical (unpaired) electrons. The third-order valence-corrected chi connectivity index (χ3v) is 4.05. The van der Waals surface area contributed by atoms with E-state index < -0.39 is 0 Å². The standard InChI is InChI=1S/C20H24N2O4/c1-3-22(20(25)13-12-15-8-4-6-10-17(15)23)14-19(24)21-16-9-5-7-11-18(16)26-2/h4-11,23H,3,12-14H2,1-2H3,(H,21,24). The number of hydrogen-bond acceptors (Lipinski definition) is 4. The number of phenolic OH excluding ortho intramolecular Hbond substituents is 1. The Labute approximate surface area is 153 Å². The van der Waals surface area contributed by atoms with Crippen LogP contribution in [-0.4, -0.2) is 42.0 Å². The van der Waals surface area contributed by atoms with E-state index in [4.69, 9.17) is 4.74 Å². The summed E-state index contributed by atoms with van der Waals surface area (Å²) in [5.74, 6) is 0.324. The number of aromatic hydroxyl groups is 1. The number of benzene rings is 2. The highest BCUT2D eigenvalue weighted by atomic mass is 16.5. The van der Waals surface area contributed by atoms with Gasteiger partial charge in [0.05, 0.1) is 19.3 Å². The minimum atomic E-state index is -0.285. The van der Waals surface area contributed by atoms with E-state index in [0.717, 1.165) is 5.56 Å². The summed E-state index contributed by atoms with van der Waals surface area (Å²) in [5, 5.41) is 12.5. The third-order valence-electron chi connectivity index (χ3n) is 4.05. The number of nitrogens with zero attached hydrogens (tertiary/aromatic N) is 1. The predicted octanol–water partition coefficient (Wildman–Crippen LogP) is 2.82. The number of amides is 2. The van der Waals surface area contributed by atoms with E-state index in [1.165, 1.54) is 12.0 Å². The molecule has 2 rings (SSSR count). The summed E-state index contributed by atoms with van der Waals surface area (Å²) in [6, 6.07) is 14.0. The molecule has 2 aromatic carbocycles. The number of carbonyl (C=O) groups is 2. The van der Waals surface area contributed by atoms with Gasteiger partial charge in [-0.05, 0) is 37.1 Å². The highest BCUT2D eigenvalue weighted by Gasteiger charge is 2.17. The van der Waals surface area contributed by atoms with Crippen LogP contribution in [-0.2, 0) is 16.0 Å². The van der Waals surface area contributed by atoms with E-state index >= 15 is 0 Å².